The molecule has 1 unspecified atom stereocenters. The van der Waals surface area contributed by atoms with Gasteiger partial charge in [0.05, 0.1) is 0 Å². The summed E-state index contributed by atoms with van der Waals surface area (Å²) in [4.78, 5) is 2.61. The van der Waals surface area contributed by atoms with E-state index in [1.54, 1.807) is 0 Å². The molecule has 1 atom stereocenters. The van der Waals surface area contributed by atoms with E-state index in [-0.39, 0.29) is 0 Å². The van der Waals surface area contributed by atoms with E-state index < -0.39 is 0 Å². The predicted octanol–water partition coefficient (Wildman–Crippen LogP) is 2.08. The summed E-state index contributed by atoms with van der Waals surface area (Å²) in [6, 6.07) is 2.98. The largest absolute Gasteiger partial charge is 0.354 e. The summed E-state index contributed by atoms with van der Waals surface area (Å²) >= 11 is 0. The van der Waals surface area contributed by atoms with Crippen LogP contribution in [0.5, 0.6) is 0 Å². The second-order valence-electron chi connectivity index (χ2n) is 5.88. The zero-order valence-corrected chi connectivity index (χ0v) is 11.4. The van der Waals surface area contributed by atoms with Crippen LogP contribution in [0.3, 0.4) is 0 Å². The van der Waals surface area contributed by atoms with Crippen molar-refractivity contribution >= 4 is 0 Å². The van der Waals surface area contributed by atoms with E-state index in [2.05, 4.69) is 40.2 Å². The minimum atomic E-state index is 0.724. The minimum Gasteiger partial charge on any atom is -0.354 e. The number of fused-ring (bicyclic) bond motifs is 3. The van der Waals surface area contributed by atoms with Crippen LogP contribution in [0, 0.1) is 5.92 Å². The Labute approximate surface area is 110 Å². The molecule has 0 aromatic carbocycles. The molecule has 3 fully saturated rings. The lowest BCUT2D eigenvalue weighted by Gasteiger charge is -2.45. The van der Waals surface area contributed by atoms with E-state index in [9.17, 15) is 0 Å². The topological polar surface area (TPSA) is 20.2 Å². The summed E-state index contributed by atoms with van der Waals surface area (Å²) in [7, 11) is 0. The number of hydrogen-bond acceptors (Lipinski definition) is 2. The van der Waals surface area contributed by atoms with Crippen LogP contribution in [0.2, 0.25) is 0 Å². The first-order valence-electron chi connectivity index (χ1n) is 7.45. The molecule has 3 aliphatic rings. The van der Waals surface area contributed by atoms with Gasteiger partial charge in [-0.05, 0) is 49.9 Å². The van der Waals surface area contributed by atoms with Gasteiger partial charge in [-0.2, -0.15) is 0 Å². The fourth-order valence-corrected chi connectivity index (χ4v) is 3.44. The molecule has 1 aromatic rings. The molecule has 3 heteroatoms. The van der Waals surface area contributed by atoms with Crippen LogP contribution >= 0.6 is 0 Å². The van der Waals surface area contributed by atoms with Gasteiger partial charge >= 0.3 is 0 Å². The number of rotatable bonds is 5. The van der Waals surface area contributed by atoms with Gasteiger partial charge in [0.15, 0.2) is 0 Å². The summed E-state index contributed by atoms with van der Waals surface area (Å²) in [6.45, 7) is 8.32. The van der Waals surface area contributed by atoms with Crippen molar-refractivity contribution in [2.75, 3.05) is 19.6 Å². The number of aryl methyl sites for hydroxylation is 1. The maximum atomic E-state index is 3.77. The minimum absolute atomic E-state index is 0.724. The van der Waals surface area contributed by atoms with Crippen molar-refractivity contribution in [3.63, 3.8) is 0 Å². The molecule has 2 bridgehead atoms. The number of hydrogen-bond donors (Lipinski definition) is 1. The molecular formula is C15H25N3. The first-order valence-corrected chi connectivity index (χ1v) is 7.45. The fourth-order valence-electron chi connectivity index (χ4n) is 3.44. The number of nitrogens with zero attached hydrogens (tertiary/aromatic N) is 2. The Kier molecular flexibility index (Phi) is 3.71. The zero-order chi connectivity index (χ0) is 12.4. The van der Waals surface area contributed by atoms with Crippen molar-refractivity contribution in [3.05, 3.63) is 24.0 Å². The van der Waals surface area contributed by atoms with Crippen LogP contribution in [0.25, 0.3) is 0 Å². The third kappa shape index (κ3) is 2.62. The molecule has 3 saturated heterocycles. The highest BCUT2D eigenvalue weighted by Gasteiger charge is 2.33. The molecule has 0 radical (unpaired) electrons. The van der Waals surface area contributed by atoms with Gasteiger partial charge in [0.2, 0.25) is 0 Å². The van der Waals surface area contributed by atoms with Gasteiger partial charge in [-0.3, -0.25) is 0 Å². The van der Waals surface area contributed by atoms with E-state index in [0.717, 1.165) is 25.0 Å². The number of nitrogens with one attached hydrogen (secondary N) is 1. The molecule has 0 aliphatic carbocycles. The quantitative estimate of drug-likeness (QED) is 0.859. The van der Waals surface area contributed by atoms with Gasteiger partial charge in [-0.25, -0.2) is 0 Å². The van der Waals surface area contributed by atoms with Crippen LogP contribution in [-0.2, 0) is 13.1 Å². The SMILES string of the molecule is CCCn1ccc(CNC2CN3CCC2CC3)c1. The highest BCUT2D eigenvalue weighted by atomic mass is 15.2. The summed E-state index contributed by atoms with van der Waals surface area (Å²) in [5, 5.41) is 3.77. The first kappa shape index (κ1) is 12.2. The molecular weight excluding hydrogens is 222 g/mol. The smallest absolute Gasteiger partial charge is 0.0227 e. The normalized spacial score (nSPS) is 30.8. The summed E-state index contributed by atoms with van der Waals surface area (Å²) in [5.74, 6) is 0.924. The molecule has 0 spiro atoms. The molecule has 100 valence electrons. The zero-order valence-electron chi connectivity index (χ0n) is 11.4. The van der Waals surface area contributed by atoms with Crippen molar-refractivity contribution in [2.24, 2.45) is 5.92 Å². The van der Waals surface area contributed by atoms with Gasteiger partial charge in [-0.15, -0.1) is 0 Å². The summed E-state index contributed by atoms with van der Waals surface area (Å²) in [5.41, 5.74) is 1.43. The number of piperidine rings is 3. The van der Waals surface area contributed by atoms with Gasteiger partial charge in [-0.1, -0.05) is 6.92 Å². The van der Waals surface area contributed by atoms with E-state index in [0.29, 0.717) is 0 Å². The predicted molar refractivity (Wildman–Crippen MR) is 74.5 cm³/mol. The molecule has 0 saturated carbocycles. The molecule has 18 heavy (non-hydrogen) atoms. The molecule has 4 rings (SSSR count). The van der Waals surface area contributed by atoms with Crippen LogP contribution in [-0.4, -0.2) is 35.1 Å². The second-order valence-corrected chi connectivity index (χ2v) is 5.88. The Bertz CT molecular complexity index is 377. The summed E-state index contributed by atoms with van der Waals surface area (Å²) in [6.07, 6.45) is 8.50. The number of aromatic nitrogens is 1. The Morgan fingerprint density at radius 1 is 1.33 bits per heavy atom. The van der Waals surface area contributed by atoms with Crippen LogP contribution in [0.15, 0.2) is 18.5 Å². The molecule has 4 heterocycles. The average Bonchev–Trinajstić information content (AvgIpc) is 2.86. The van der Waals surface area contributed by atoms with Crippen molar-refractivity contribution in [2.45, 2.75) is 45.3 Å². The van der Waals surface area contributed by atoms with E-state index in [4.69, 9.17) is 0 Å². The lowest BCUT2D eigenvalue weighted by Crippen LogP contribution is -2.55. The molecule has 0 amide bonds. The second kappa shape index (κ2) is 5.45. The van der Waals surface area contributed by atoms with Crippen molar-refractivity contribution in [3.8, 4) is 0 Å². The van der Waals surface area contributed by atoms with Gasteiger partial charge in [0, 0.05) is 38.1 Å². The molecule has 1 aromatic heterocycles. The molecule has 3 aliphatic heterocycles. The first-order chi connectivity index (χ1) is 8.85. The molecule has 1 N–H and O–H groups in total. The average molecular weight is 247 g/mol. The lowest BCUT2D eigenvalue weighted by molar-refractivity contribution is 0.0720. The fraction of sp³-hybridized carbons (Fsp3) is 0.733. The lowest BCUT2D eigenvalue weighted by atomic mass is 9.84. The summed E-state index contributed by atoms with van der Waals surface area (Å²) < 4.78 is 2.30. The molecule has 3 nitrogen and oxygen atoms in total. The van der Waals surface area contributed by atoms with Crippen molar-refractivity contribution in [1.82, 2.24) is 14.8 Å². The Balaban J connectivity index is 1.51. The van der Waals surface area contributed by atoms with Gasteiger partial charge in [0.25, 0.3) is 0 Å². The third-order valence-electron chi connectivity index (χ3n) is 4.52. The van der Waals surface area contributed by atoms with Crippen molar-refractivity contribution < 1.29 is 0 Å². The standard InChI is InChI=1S/C15H25N3/c1-2-6-17-7-3-13(11-17)10-16-15-12-18-8-4-14(15)5-9-18/h3,7,11,14-16H,2,4-6,8-10,12H2,1H3. The highest BCUT2D eigenvalue weighted by Crippen LogP contribution is 2.27. The third-order valence-corrected chi connectivity index (χ3v) is 4.52. The van der Waals surface area contributed by atoms with Crippen LogP contribution < -0.4 is 5.32 Å². The maximum Gasteiger partial charge on any atom is 0.0227 e. The van der Waals surface area contributed by atoms with Gasteiger partial charge in [0.1, 0.15) is 0 Å². The Morgan fingerprint density at radius 2 is 2.17 bits per heavy atom. The van der Waals surface area contributed by atoms with Crippen LogP contribution in [0.1, 0.15) is 31.7 Å². The Hall–Kier alpha value is -0.800. The van der Waals surface area contributed by atoms with E-state index in [1.807, 2.05) is 0 Å². The Morgan fingerprint density at radius 3 is 2.83 bits per heavy atom. The highest BCUT2D eigenvalue weighted by molar-refractivity contribution is 5.10. The van der Waals surface area contributed by atoms with E-state index >= 15 is 0 Å². The van der Waals surface area contributed by atoms with Crippen LogP contribution in [0.4, 0.5) is 0 Å². The monoisotopic (exact) mass is 247 g/mol. The van der Waals surface area contributed by atoms with Gasteiger partial charge < -0.3 is 14.8 Å². The van der Waals surface area contributed by atoms with Crippen molar-refractivity contribution in [1.29, 1.82) is 0 Å². The van der Waals surface area contributed by atoms with E-state index in [1.165, 1.54) is 44.5 Å². The maximum absolute atomic E-state index is 3.77.